The van der Waals surface area contributed by atoms with Crippen LogP contribution in [-0.4, -0.2) is 30.7 Å². The summed E-state index contributed by atoms with van der Waals surface area (Å²) in [6, 6.07) is -3.99. The van der Waals surface area contributed by atoms with Crippen molar-refractivity contribution < 1.29 is 36.0 Å². The van der Waals surface area contributed by atoms with E-state index in [9.17, 15) is 31.1 Å². The highest BCUT2D eigenvalue weighted by Gasteiger charge is 2.57. The van der Waals surface area contributed by atoms with Crippen molar-refractivity contribution in [2.45, 2.75) is 25.3 Å². The van der Waals surface area contributed by atoms with E-state index in [0.717, 1.165) is 6.21 Å². The Hall–Kier alpha value is -1.48. The molecule has 1 N–H and O–H groups in total. The predicted molar refractivity (Wildman–Crippen MR) is 39.7 cm³/mol. The highest BCUT2D eigenvalue weighted by Crippen LogP contribution is 2.33. The molecule has 10 heteroatoms. The molecule has 0 spiro atoms. The molecule has 0 saturated heterocycles. The molecule has 0 rings (SSSR count). The normalized spacial score (nSPS) is 13.2. The van der Waals surface area contributed by atoms with Crippen LogP contribution in [0.1, 0.15) is 6.92 Å². The van der Waals surface area contributed by atoms with Gasteiger partial charge in [0.15, 0.2) is 0 Å². The van der Waals surface area contributed by atoms with E-state index in [0.29, 0.717) is 5.32 Å². The molecule has 0 aromatic heterocycles. The van der Waals surface area contributed by atoms with E-state index in [4.69, 9.17) is 0 Å². The molecule has 0 aromatic carbocycles. The Labute approximate surface area is 85.2 Å². The minimum Gasteiger partial charge on any atom is -0.300 e. The first-order valence-corrected chi connectivity index (χ1v) is 3.68. The van der Waals surface area contributed by atoms with Gasteiger partial charge in [-0.1, -0.05) is 5.16 Å². The van der Waals surface area contributed by atoms with Crippen molar-refractivity contribution >= 4 is 12.3 Å². The Morgan fingerprint density at radius 3 is 2.00 bits per heavy atom. The van der Waals surface area contributed by atoms with Gasteiger partial charge in [-0.3, -0.25) is 10.2 Å². The number of rotatable bonds is 2. The molecule has 1 amide bonds. The smallest absolute Gasteiger partial charge is 0.300 e. The molecule has 4 nitrogen and oxygen atoms in total. The Kier molecular flexibility index (Phi) is 4.57. The molecule has 0 unspecified atom stereocenters. The van der Waals surface area contributed by atoms with E-state index in [-0.39, 0.29) is 0 Å². The van der Waals surface area contributed by atoms with Gasteiger partial charge in [-0.15, -0.1) is 0 Å². The number of nitrogens with one attached hydrogen (secondary N) is 1. The summed E-state index contributed by atoms with van der Waals surface area (Å²) < 4.78 is 71.2. The maximum Gasteiger partial charge on any atom is 0.434 e. The van der Waals surface area contributed by atoms with Gasteiger partial charge in [-0.05, 0) is 6.92 Å². The van der Waals surface area contributed by atoms with Gasteiger partial charge in [0.2, 0.25) is 6.04 Å². The largest absolute Gasteiger partial charge is 0.434 e. The SMILES string of the molecule is CC=NOC(=O)NC(C(F)(F)F)C(F)(F)F. The van der Waals surface area contributed by atoms with Crippen molar-refractivity contribution in [1.29, 1.82) is 0 Å². The number of nitrogens with zero attached hydrogens (tertiary/aromatic N) is 1. The van der Waals surface area contributed by atoms with Gasteiger partial charge in [-0.25, -0.2) is 4.79 Å². The molecule has 0 aliphatic heterocycles. The van der Waals surface area contributed by atoms with Gasteiger partial charge in [0.1, 0.15) is 0 Å². The van der Waals surface area contributed by atoms with Crippen LogP contribution in [-0.2, 0) is 4.84 Å². The Balaban J connectivity index is 4.64. The number of carbonyl (C=O) groups is 1. The Bertz CT molecular complexity index is 257. The quantitative estimate of drug-likeness (QED) is 0.354. The summed E-state index contributed by atoms with van der Waals surface area (Å²) in [6.45, 7) is 1.25. The first-order chi connectivity index (χ1) is 7.09. The summed E-state index contributed by atoms with van der Waals surface area (Å²) in [7, 11) is 0. The van der Waals surface area contributed by atoms with E-state index in [1.807, 2.05) is 0 Å². The summed E-state index contributed by atoms with van der Waals surface area (Å²) in [5.74, 6) is 0. The van der Waals surface area contributed by atoms with Gasteiger partial charge in [-0.2, -0.15) is 26.3 Å². The average molecular weight is 252 g/mol. The van der Waals surface area contributed by atoms with Crippen LogP contribution in [0.15, 0.2) is 5.16 Å². The van der Waals surface area contributed by atoms with Crippen LogP contribution in [0.3, 0.4) is 0 Å². The molecule has 0 aromatic rings. The third-order valence-electron chi connectivity index (χ3n) is 1.16. The summed E-state index contributed by atoms with van der Waals surface area (Å²) in [4.78, 5) is 14.1. The summed E-state index contributed by atoms with van der Waals surface area (Å²) in [6.07, 6.45) is -12.4. The number of hydrogen-bond donors (Lipinski definition) is 1. The van der Waals surface area contributed by atoms with Crippen molar-refractivity contribution in [3.05, 3.63) is 0 Å². The lowest BCUT2D eigenvalue weighted by Crippen LogP contribution is -2.54. The molecule has 0 atom stereocenters. The fraction of sp³-hybridized carbons (Fsp3) is 0.667. The van der Waals surface area contributed by atoms with Gasteiger partial charge in [0.25, 0.3) is 0 Å². The number of halogens is 6. The zero-order valence-electron chi connectivity index (χ0n) is 7.69. The molecular weight excluding hydrogens is 246 g/mol. The third-order valence-corrected chi connectivity index (χ3v) is 1.16. The highest BCUT2D eigenvalue weighted by molar-refractivity contribution is 5.68. The molecule has 0 fully saturated rings. The molecule has 16 heavy (non-hydrogen) atoms. The van der Waals surface area contributed by atoms with Crippen LogP contribution in [0.2, 0.25) is 0 Å². The van der Waals surface area contributed by atoms with Gasteiger partial charge in [0.05, 0.1) is 0 Å². The van der Waals surface area contributed by atoms with Gasteiger partial charge < -0.3 is 0 Å². The zero-order valence-corrected chi connectivity index (χ0v) is 7.69. The van der Waals surface area contributed by atoms with Crippen LogP contribution in [0.25, 0.3) is 0 Å². The standard InChI is InChI=1S/C6H6F6N2O2/c1-2-13-16-4(15)14-3(5(7,8)9)6(10,11)12/h2-3H,1H3,(H,14,15). The van der Waals surface area contributed by atoms with Crippen molar-refractivity contribution in [2.24, 2.45) is 5.16 Å². The second-order valence-electron chi connectivity index (χ2n) is 2.40. The Morgan fingerprint density at radius 1 is 1.25 bits per heavy atom. The van der Waals surface area contributed by atoms with Crippen LogP contribution >= 0.6 is 0 Å². The molecule has 0 aliphatic carbocycles. The fourth-order valence-corrected chi connectivity index (χ4v) is 0.594. The third kappa shape index (κ3) is 4.84. The first-order valence-electron chi connectivity index (χ1n) is 3.68. The van der Waals surface area contributed by atoms with Gasteiger partial charge in [0, 0.05) is 6.21 Å². The molecule has 0 saturated carbocycles. The van der Waals surface area contributed by atoms with E-state index < -0.39 is 24.5 Å². The first kappa shape index (κ1) is 14.5. The molecule has 0 radical (unpaired) electrons. The minimum atomic E-state index is -5.66. The van der Waals surface area contributed by atoms with E-state index in [1.54, 1.807) is 0 Å². The maximum absolute atomic E-state index is 11.9. The fourth-order valence-electron chi connectivity index (χ4n) is 0.594. The number of alkyl halides is 6. The van der Waals surface area contributed by atoms with Crippen LogP contribution in [0.5, 0.6) is 0 Å². The van der Waals surface area contributed by atoms with Crippen molar-refractivity contribution in [3.8, 4) is 0 Å². The van der Waals surface area contributed by atoms with Gasteiger partial charge >= 0.3 is 18.4 Å². The summed E-state index contributed by atoms with van der Waals surface area (Å²) in [5, 5.41) is 3.32. The number of hydrogen-bond acceptors (Lipinski definition) is 3. The average Bonchev–Trinajstić information content (AvgIpc) is 2.07. The van der Waals surface area contributed by atoms with E-state index in [1.165, 1.54) is 6.92 Å². The molecule has 0 bridgehead atoms. The molecule has 0 aliphatic rings. The zero-order chi connectivity index (χ0) is 13.0. The van der Waals surface area contributed by atoms with Crippen LogP contribution < -0.4 is 5.32 Å². The number of amides is 1. The predicted octanol–water partition coefficient (Wildman–Crippen LogP) is 2.21. The molecular formula is C6H6F6N2O2. The maximum atomic E-state index is 11.9. The van der Waals surface area contributed by atoms with E-state index in [2.05, 4.69) is 9.99 Å². The van der Waals surface area contributed by atoms with Crippen LogP contribution in [0.4, 0.5) is 31.1 Å². The second kappa shape index (κ2) is 5.03. The lowest BCUT2D eigenvalue weighted by molar-refractivity contribution is -0.256. The van der Waals surface area contributed by atoms with E-state index >= 15 is 0 Å². The lowest BCUT2D eigenvalue weighted by atomic mass is 10.3. The van der Waals surface area contributed by atoms with Crippen molar-refractivity contribution in [3.63, 3.8) is 0 Å². The van der Waals surface area contributed by atoms with Crippen molar-refractivity contribution in [2.75, 3.05) is 0 Å². The van der Waals surface area contributed by atoms with Crippen molar-refractivity contribution in [1.82, 2.24) is 5.32 Å². The highest BCUT2D eigenvalue weighted by atomic mass is 19.4. The molecule has 94 valence electrons. The summed E-state index contributed by atoms with van der Waals surface area (Å²) in [5.41, 5.74) is 0. The minimum absolute atomic E-state index is 0.607. The Morgan fingerprint density at radius 2 is 1.69 bits per heavy atom. The summed E-state index contributed by atoms with van der Waals surface area (Å²) >= 11 is 0. The second-order valence-corrected chi connectivity index (χ2v) is 2.40. The number of oxime groups is 1. The lowest BCUT2D eigenvalue weighted by Gasteiger charge is -2.22. The van der Waals surface area contributed by atoms with Crippen LogP contribution in [0, 0.1) is 0 Å². The molecule has 0 heterocycles. The monoisotopic (exact) mass is 252 g/mol. The topological polar surface area (TPSA) is 50.7 Å². The number of carbonyl (C=O) groups excluding carboxylic acids is 1.